The number of hydrogen-bond donors (Lipinski definition) is 1. The fraction of sp³-hybridized carbons (Fsp3) is 0.150. The topological polar surface area (TPSA) is 57.4 Å². The number of methoxy groups -OCH3 is 1. The Bertz CT molecular complexity index is 959. The summed E-state index contributed by atoms with van der Waals surface area (Å²) in [5.41, 5.74) is 8.24. The van der Waals surface area contributed by atoms with Gasteiger partial charge in [0.15, 0.2) is 11.6 Å². The molecule has 0 saturated carbocycles. The number of nitrogens with zero attached hydrogens (tertiary/aromatic N) is 1. The normalized spacial score (nSPS) is 11.9. The van der Waals surface area contributed by atoms with Crippen molar-refractivity contribution in [2.45, 2.75) is 13.0 Å². The third kappa shape index (κ3) is 4.24. The van der Waals surface area contributed by atoms with Crippen molar-refractivity contribution < 1.29 is 9.47 Å². The number of ether oxygens (including phenoxy) is 2. The molecule has 0 amide bonds. The molecule has 1 aromatic heterocycles. The van der Waals surface area contributed by atoms with Crippen molar-refractivity contribution in [2.75, 3.05) is 12.8 Å². The molecule has 2 aromatic carbocycles. The molecule has 0 aliphatic carbocycles. The van der Waals surface area contributed by atoms with Crippen LogP contribution in [0.5, 0.6) is 11.5 Å². The van der Waals surface area contributed by atoms with Crippen molar-refractivity contribution in [2.24, 2.45) is 0 Å². The van der Waals surface area contributed by atoms with Gasteiger partial charge in [0.25, 0.3) is 0 Å². The Hall–Kier alpha value is -2.14. The molecule has 3 rings (SSSR count). The summed E-state index contributed by atoms with van der Waals surface area (Å²) in [6, 6.07) is 12.4. The Morgan fingerprint density at radius 2 is 1.70 bits per heavy atom. The van der Waals surface area contributed by atoms with E-state index in [0.717, 1.165) is 11.1 Å². The van der Waals surface area contributed by atoms with Gasteiger partial charge in [-0.25, -0.2) is 4.98 Å². The summed E-state index contributed by atoms with van der Waals surface area (Å²) in [6.07, 6.45) is 1.22. The molecule has 4 nitrogen and oxygen atoms in total. The molecular weight excluding hydrogens is 407 g/mol. The number of benzene rings is 2. The summed E-state index contributed by atoms with van der Waals surface area (Å²) in [7, 11) is 1.59. The second kappa shape index (κ2) is 8.26. The third-order valence-electron chi connectivity index (χ3n) is 4.06. The Balaban J connectivity index is 1.98. The molecule has 0 fully saturated rings. The number of nitrogen functional groups attached to an aromatic ring is 1. The van der Waals surface area contributed by atoms with Gasteiger partial charge in [-0.3, -0.25) is 0 Å². The van der Waals surface area contributed by atoms with Gasteiger partial charge in [-0.05, 0) is 43.3 Å². The predicted octanol–water partition coefficient (Wildman–Crippen LogP) is 6.44. The first-order chi connectivity index (χ1) is 12.9. The van der Waals surface area contributed by atoms with Crippen LogP contribution in [-0.2, 0) is 0 Å². The van der Waals surface area contributed by atoms with Crippen LogP contribution in [-0.4, -0.2) is 12.1 Å². The van der Waals surface area contributed by atoms with Gasteiger partial charge in [-0.1, -0.05) is 40.9 Å². The lowest BCUT2D eigenvalue weighted by Gasteiger charge is -2.19. The van der Waals surface area contributed by atoms with E-state index in [0.29, 0.717) is 32.1 Å². The molecule has 1 heterocycles. The highest BCUT2D eigenvalue weighted by Crippen LogP contribution is 2.38. The minimum atomic E-state index is -0.424. The van der Waals surface area contributed by atoms with E-state index in [9.17, 15) is 0 Å². The van der Waals surface area contributed by atoms with Gasteiger partial charge in [0, 0.05) is 38.0 Å². The minimum Gasteiger partial charge on any atom is -0.496 e. The highest BCUT2D eigenvalue weighted by molar-refractivity contribution is 6.36. The van der Waals surface area contributed by atoms with Crippen LogP contribution in [0.25, 0.3) is 11.1 Å². The second-order valence-electron chi connectivity index (χ2n) is 5.85. The highest BCUT2D eigenvalue weighted by Gasteiger charge is 2.18. The first kappa shape index (κ1) is 19.6. The van der Waals surface area contributed by atoms with Crippen LogP contribution in [0.4, 0.5) is 5.82 Å². The first-order valence-corrected chi connectivity index (χ1v) is 9.24. The maximum Gasteiger partial charge on any atom is 0.166 e. The molecule has 0 aliphatic heterocycles. The SMILES string of the molecule is COc1ccc(Cl)cc1-c1cnc(N)c(OC(C)c2c(Cl)cccc2Cl)c1. The Kier molecular flexibility index (Phi) is 6.00. The maximum atomic E-state index is 6.27. The van der Waals surface area contributed by atoms with Gasteiger partial charge in [0.2, 0.25) is 0 Å². The Morgan fingerprint density at radius 1 is 1.00 bits per heavy atom. The van der Waals surface area contributed by atoms with Crippen LogP contribution in [0.2, 0.25) is 15.1 Å². The number of nitrogens with two attached hydrogens (primary N) is 1. The van der Waals surface area contributed by atoms with Crippen LogP contribution < -0.4 is 15.2 Å². The molecule has 3 aromatic rings. The molecule has 1 atom stereocenters. The van der Waals surface area contributed by atoms with E-state index in [1.165, 1.54) is 0 Å². The van der Waals surface area contributed by atoms with Gasteiger partial charge < -0.3 is 15.2 Å². The predicted molar refractivity (Wildman–Crippen MR) is 111 cm³/mol. The Labute approximate surface area is 172 Å². The van der Waals surface area contributed by atoms with Crippen LogP contribution >= 0.6 is 34.8 Å². The molecule has 0 spiro atoms. The molecule has 140 valence electrons. The van der Waals surface area contributed by atoms with E-state index >= 15 is 0 Å². The zero-order valence-corrected chi connectivity index (χ0v) is 16.9. The van der Waals surface area contributed by atoms with E-state index in [-0.39, 0.29) is 5.82 Å². The third-order valence-corrected chi connectivity index (χ3v) is 4.96. The quantitative estimate of drug-likeness (QED) is 0.513. The summed E-state index contributed by atoms with van der Waals surface area (Å²) in [5, 5.41) is 1.63. The van der Waals surface area contributed by atoms with Crippen molar-refractivity contribution in [3.05, 3.63) is 69.3 Å². The van der Waals surface area contributed by atoms with E-state index in [1.54, 1.807) is 55.8 Å². The summed E-state index contributed by atoms with van der Waals surface area (Å²) in [5.74, 6) is 1.34. The van der Waals surface area contributed by atoms with E-state index in [4.69, 9.17) is 50.0 Å². The van der Waals surface area contributed by atoms with Gasteiger partial charge in [0.1, 0.15) is 11.9 Å². The highest BCUT2D eigenvalue weighted by atomic mass is 35.5. The van der Waals surface area contributed by atoms with E-state index in [2.05, 4.69) is 4.98 Å². The van der Waals surface area contributed by atoms with E-state index < -0.39 is 6.10 Å². The van der Waals surface area contributed by atoms with Crippen LogP contribution in [0.3, 0.4) is 0 Å². The monoisotopic (exact) mass is 422 g/mol. The van der Waals surface area contributed by atoms with E-state index in [1.807, 2.05) is 6.92 Å². The molecule has 2 N–H and O–H groups in total. The Morgan fingerprint density at radius 3 is 2.37 bits per heavy atom. The lowest BCUT2D eigenvalue weighted by molar-refractivity contribution is 0.228. The number of anilines is 1. The smallest absolute Gasteiger partial charge is 0.166 e. The lowest BCUT2D eigenvalue weighted by Crippen LogP contribution is -2.07. The van der Waals surface area contributed by atoms with Crippen molar-refractivity contribution >= 4 is 40.6 Å². The number of pyridine rings is 1. The van der Waals surface area contributed by atoms with Crippen molar-refractivity contribution in [3.8, 4) is 22.6 Å². The van der Waals surface area contributed by atoms with Crippen molar-refractivity contribution in [3.63, 3.8) is 0 Å². The fourth-order valence-electron chi connectivity index (χ4n) is 2.75. The zero-order valence-electron chi connectivity index (χ0n) is 14.7. The number of rotatable bonds is 5. The van der Waals surface area contributed by atoms with Crippen molar-refractivity contribution in [1.82, 2.24) is 4.98 Å². The summed E-state index contributed by atoms with van der Waals surface area (Å²) in [6.45, 7) is 1.85. The molecule has 1 unspecified atom stereocenters. The average molecular weight is 424 g/mol. The van der Waals surface area contributed by atoms with Crippen LogP contribution in [0.1, 0.15) is 18.6 Å². The summed E-state index contributed by atoms with van der Waals surface area (Å²) >= 11 is 18.7. The summed E-state index contributed by atoms with van der Waals surface area (Å²) in [4.78, 5) is 4.24. The largest absolute Gasteiger partial charge is 0.496 e. The lowest BCUT2D eigenvalue weighted by atomic mass is 10.1. The molecule has 0 radical (unpaired) electrons. The summed E-state index contributed by atoms with van der Waals surface area (Å²) < 4.78 is 11.4. The number of aromatic nitrogens is 1. The fourth-order valence-corrected chi connectivity index (χ4v) is 3.63. The first-order valence-electron chi connectivity index (χ1n) is 8.10. The minimum absolute atomic E-state index is 0.259. The molecule has 0 aliphatic rings. The average Bonchev–Trinajstić information content (AvgIpc) is 2.63. The number of halogens is 3. The van der Waals surface area contributed by atoms with Gasteiger partial charge in [0.05, 0.1) is 7.11 Å². The number of hydrogen-bond acceptors (Lipinski definition) is 4. The van der Waals surface area contributed by atoms with Gasteiger partial charge in [-0.2, -0.15) is 0 Å². The maximum absolute atomic E-state index is 6.27. The van der Waals surface area contributed by atoms with Gasteiger partial charge >= 0.3 is 0 Å². The molecule has 0 bridgehead atoms. The van der Waals surface area contributed by atoms with Gasteiger partial charge in [-0.15, -0.1) is 0 Å². The van der Waals surface area contributed by atoms with Crippen LogP contribution in [0.15, 0.2) is 48.7 Å². The molecule has 27 heavy (non-hydrogen) atoms. The standard InChI is InChI=1S/C20H17Cl3N2O2/c1-11(19-15(22)4-3-5-16(19)23)27-18-8-12(10-25-20(18)24)14-9-13(21)6-7-17(14)26-2/h3-11H,1-2H3,(H2,24,25). The molecule has 7 heteroatoms. The molecular formula is C20H17Cl3N2O2. The zero-order chi connectivity index (χ0) is 19.6. The second-order valence-corrected chi connectivity index (χ2v) is 7.10. The van der Waals surface area contributed by atoms with Crippen LogP contribution in [0, 0.1) is 0 Å². The molecule has 0 saturated heterocycles. The van der Waals surface area contributed by atoms with Crippen molar-refractivity contribution in [1.29, 1.82) is 0 Å².